The molecule has 1 aliphatic carbocycles. The summed E-state index contributed by atoms with van der Waals surface area (Å²) in [6.07, 6.45) is 3.58. The Bertz CT molecular complexity index is 218. The van der Waals surface area contributed by atoms with Crippen LogP contribution in [0.3, 0.4) is 0 Å². The molecule has 80 valence electrons. The summed E-state index contributed by atoms with van der Waals surface area (Å²) in [6, 6.07) is 0. The third-order valence-corrected chi connectivity index (χ3v) is 3.64. The standard InChI is InChI=1S/C10H16BrNO2/c11-9-3-4-12(10(9)13)5-6-14-7-8-1-2-8/h8-9H,1-7H2. The van der Waals surface area contributed by atoms with Crippen LogP contribution in [0.5, 0.6) is 0 Å². The topological polar surface area (TPSA) is 29.5 Å². The molecule has 1 heterocycles. The van der Waals surface area contributed by atoms with Crippen molar-refractivity contribution in [3.05, 3.63) is 0 Å². The van der Waals surface area contributed by atoms with E-state index in [1.807, 2.05) is 4.90 Å². The lowest BCUT2D eigenvalue weighted by atomic mass is 10.4. The van der Waals surface area contributed by atoms with E-state index in [0.717, 1.165) is 32.0 Å². The summed E-state index contributed by atoms with van der Waals surface area (Å²) in [5, 5.41) is 0. The zero-order chi connectivity index (χ0) is 9.97. The van der Waals surface area contributed by atoms with E-state index in [2.05, 4.69) is 15.9 Å². The lowest BCUT2D eigenvalue weighted by molar-refractivity contribution is -0.127. The zero-order valence-electron chi connectivity index (χ0n) is 8.25. The van der Waals surface area contributed by atoms with Crippen LogP contribution in [0.15, 0.2) is 0 Å². The smallest absolute Gasteiger partial charge is 0.236 e. The van der Waals surface area contributed by atoms with Gasteiger partial charge in [-0.15, -0.1) is 0 Å². The van der Waals surface area contributed by atoms with Crippen molar-refractivity contribution in [2.75, 3.05) is 26.3 Å². The third kappa shape index (κ3) is 2.70. The van der Waals surface area contributed by atoms with E-state index >= 15 is 0 Å². The fraction of sp³-hybridized carbons (Fsp3) is 0.900. The highest BCUT2D eigenvalue weighted by atomic mass is 79.9. The van der Waals surface area contributed by atoms with Crippen molar-refractivity contribution in [1.29, 1.82) is 0 Å². The van der Waals surface area contributed by atoms with Crippen molar-refractivity contribution in [1.82, 2.24) is 4.90 Å². The van der Waals surface area contributed by atoms with Gasteiger partial charge in [-0.1, -0.05) is 15.9 Å². The Hall–Kier alpha value is -0.0900. The largest absolute Gasteiger partial charge is 0.379 e. The first-order valence-electron chi connectivity index (χ1n) is 5.28. The predicted octanol–water partition coefficient (Wildman–Crippen LogP) is 1.41. The number of alkyl halides is 1. The van der Waals surface area contributed by atoms with Crippen LogP contribution in [0.4, 0.5) is 0 Å². The Labute approximate surface area is 92.9 Å². The number of ether oxygens (including phenoxy) is 1. The van der Waals surface area contributed by atoms with Crippen molar-refractivity contribution >= 4 is 21.8 Å². The second kappa shape index (κ2) is 4.62. The number of rotatable bonds is 5. The van der Waals surface area contributed by atoms with Gasteiger partial charge < -0.3 is 9.64 Å². The van der Waals surface area contributed by atoms with E-state index < -0.39 is 0 Å². The van der Waals surface area contributed by atoms with Gasteiger partial charge in [0.25, 0.3) is 0 Å². The quantitative estimate of drug-likeness (QED) is 0.554. The Morgan fingerprint density at radius 2 is 2.21 bits per heavy atom. The fourth-order valence-corrected chi connectivity index (χ4v) is 2.13. The maximum absolute atomic E-state index is 11.5. The number of hydrogen-bond donors (Lipinski definition) is 0. The van der Waals surface area contributed by atoms with Gasteiger partial charge in [0.2, 0.25) is 5.91 Å². The summed E-state index contributed by atoms with van der Waals surface area (Å²) in [6.45, 7) is 3.22. The number of hydrogen-bond acceptors (Lipinski definition) is 2. The molecule has 0 N–H and O–H groups in total. The van der Waals surface area contributed by atoms with Crippen molar-refractivity contribution in [3.63, 3.8) is 0 Å². The van der Waals surface area contributed by atoms with Gasteiger partial charge in [0.05, 0.1) is 11.4 Å². The number of nitrogens with zero attached hydrogens (tertiary/aromatic N) is 1. The summed E-state index contributed by atoms with van der Waals surface area (Å²) in [5.41, 5.74) is 0. The van der Waals surface area contributed by atoms with Crippen LogP contribution in [0.25, 0.3) is 0 Å². The van der Waals surface area contributed by atoms with E-state index in [1.165, 1.54) is 12.8 Å². The first-order chi connectivity index (χ1) is 6.77. The average molecular weight is 262 g/mol. The van der Waals surface area contributed by atoms with Crippen LogP contribution in [0.1, 0.15) is 19.3 Å². The predicted molar refractivity (Wildman–Crippen MR) is 57.5 cm³/mol. The van der Waals surface area contributed by atoms with E-state index in [1.54, 1.807) is 0 Å². The Balaban J connectivity index is 1.58. The number of likely N-dealkylation sites (tertiary alicyclic amines) is 1. The molecule has 1 saturated heterocycles. The first-order valence-corrected chi connectivity index (χ1v) is 6.19. The molecule has 0 aromatic carbocycles. The van der Waals surface area contributed by atoms with Crippen LogP contribution in [-0.2, 0) is 9.53 Å². The van der Waals surface area contributed by atoms with Crippen molar-refractivity contribution in [2.24, 2.45) is 5.92 Å². The van der Waals surface area contributed by atoms with Gasteiger partial charge >= 0.3 is 0 Å². The molecular weight excluding hydrogens is 246 g/mol. The van der Waals surface area contributed by atoms with Gasteiger partial charge in [-0.05, 0) is 25.2 Å². The second-order valence-corrected chi connectivity index (χ2v) is 5.21. The minimum atomic E-state index is 0.0472. The molecule has 2 rings (SSSR count). The molecule has 1 aliphatic heterocycles. The third-order valence-electron chi connectivity index (χ3n) is 2.79. The van der Waals surface area contributed by atoms with E-state index in [-0.39, 0.29) is 10.7 Å². The van der Waals surface area contributed by atoms with E-state index in [0.29, 0.717) is 6.61 Å². The molecule has 0 bridgehead atoms. The molecular formula is C10H16BrNO2. The zero-order valence-corrected chi connectivity index (χ0v) is 9.83. The molecule has 1 saturated carbocycles. The van der Waals surface area contributed by atoms with Gasteiger partial charge in [0, 0.05) is 19.7 Å². The highest BCUT2D eigenvalue weighted by molar-refractivity contribution is 9.10. The number of carbonyl (C=O) groups excluding carboxylic acids is 1. The molecule has 2 aliphatic rings. The maximum atomic E-state index is 11.5. The van der Waals surface area contributed by atoms with E-state index in [4.69, 9.17) is 4.74 Å². The summed E-state index contributed by atoms with van der Waals surface area (Å²) in [4.78, 5) is 13.4. The SMILES string of the molecule is O=C1C(Br)CCN1CCOCC1CC1. The average Bonchev–Trinajstić information content (AvgIpc) is 2.94. The van der Waals surface area contributed by atoms with Gasteiger partial charge in [0.15, 0.2) is 0 Å². The summed E-state index contributed by atoms with van der Waals surface area (Å²) in [5.74, 6) is 1.04. The molecule has 4 heteroatoms. The molecule has 1 atom stereocenters. The summed E-state index contributed by atoms with van der Waals surface area (Å²) < 4.78 is 5.49. The molecule has 1 amide bonds. The lowest BCUT2D eigenvalue weighted by Crippen LogP contribution is -2.31. The van der Waals surface area contributed by atoms with Gasteiger partial charge in [0.1, 0.15) is 0 Å². The lowest BCUT2D eigenvalue weighted by Gasteiger charge is -2.15. The monoisotopic (exact) mass is 261 g/mol. The Kier molecular flexibility index (Phi) is 3.44. The molecule has 2 fully saturated rings. The summed E-state index contributed by atoms with van der Waals surface area (Å²) in [7, 11) is 0. The van der Waals surface area contributed by atoms with Gasteiger partial charge in [-0.3, -0.25) is 4.79 Å². The first kappa shape index (κ1) is 10.4. The second-order valence-electron chi connectivity index (χ2n) is 4.10. The fourth-order valence-electron chi connectivity index (χ4n) is 1.63. The summed E-state index contributed by atoms with van der Waals surface area (Å²) >= 11 is 3.35. The Morgan fingerprint density at radius 3 is 2.79 bits per heavy atom. The van der Waals surface area contributed by atoms with Crippen LogP contribution in [-0.4, -0.2) is 41.9 Å². The van der Waals surface area contributed by atoms with Crippen LogP contribution in [0.2, 0.25) is 0 Å². The normalized spacial score (nSPS) is 27.4. The van der Waals surface area contributed by atoms with Crippen LogP contribution < -0.4 is 0 Å². The Morgan fingerprint density at radius 1 is 1.43 bits per heavy atom. The minimum absolute atomic E-state index is 0.0472. The number of halogens is 1. The van der Waals surface area contributed by atoms with Crippen LogP contribution in [0, 0.1) is 5.92 Å². The minimum Gasteiger partial charge on any atom is -0.379 e. The maximum Gasteiger partial charge on any atom is 0.236 e. The highest BCUT2D eigenvalue weighted by Gasteiger charge is 2.29. The highest BCUT2D eigenvalue weighted by Crippen LogP contribution is 2.28. The molecule has 14 heavy (non-hydrogen) atoms. The van der Waals surface area contributed by atoms with Gasteiger partial charge in [-0.25, -0.2) is 0 Å². The van der Waals surface area contributed by atoms with Crippen molar-refractivity contribution in [2.45, 2.75) is 24.1 Å². The molecule has 0 aromatic rings. The molecule has 0 radical (unpaired) electrons. The molecule has 3 nitrogen and oxygen atoms in total. The number of carbonyl (C=O) groups is 1. The van der Waals surface area contributed by atoms with E-state index in [9.17, 15) is 4.79 Å². The van der Waals surface area contributed by atoms with Gasteiger partial charge in [-0.2, -0.15) is 0 Å². The molecule has 0 spiro atoms. The van der Waals surface area contributed by atoms with Crippen molar-refractivity contribution < 1.29 is 9.53 Å². The van der Waals surface area contributed by atoms with Crippen LogP contribution >= 0.6 is 15.9 Å². The number of amides is 1. The molecule has 0 aromatic heterocycles. The molecule has 1 unspecified atom stereocenters. The van der Waals surface area contributed by atoms with Crippen molar-refractivity contribution in [3.8, 4) is 0 Å².